The van der Waals surface area contributed by atoms with Gasteiger partial charge in [-0.1, -0.05) is 12.1 Å². The van der Waals surface area contributed by atoms with Crippen LogP contribution in [0.25, 0.3) is 22.7 Å². The Morgan fingerprint density at radius 1 is 1.36 bits per heavy atom. The minimum Gasteiger partial charge on any atom is -0.463 e. The smallest absolute Gasteiger partial charge is 0.373 e. The van der Waals surface area contributed by atoms with Gasteiger partial charge in [0.05, 0.1) is 23.7 Å². The molecule has 0 aliphatic carbocycles. The van der Waals surface area contributed by atoms with Crippen LogP contribution in [0.15, 0.2) is 40.8 Å². The Morgan fingerprint density at radius 3 is 2.91 bits per heavy atom. The van der Waals surface area contributed by atoms with Crippen molar-refractivity contribution in [3.63, 3.8) is 0 Å². The number of rotatable bonds is 3. The van der Waals surface area contributed by atoms with Gasteiger partial charge >= 0.3 is 5.97 Å². The van der Waals surface area contributed by atoms with Crippen LogP contribution >= 0.6 is 0 Å². The molecule has 0 spiro atoms. The first-order valence-electron chi connectivity index (χ1n) is 6.46. The normalized spacial score (nSPS) is 11.4. The number of aromatic amines is 1. The second kappa shape index (κ2) is 5.58. The number of allylic oxidation sites excluding steroid dienone is 1. The number of nitriles is 1. The van der Waals surface area contributed by atoms with Crippen molar-refractivity contribution in [2.75, 3.05) is 7.11 Å². The van der Waals surface area contributed by atoms with Gasteiger partial charge in [0.1, 0.15) is 17.7 Å². The fourth-order valence-electron chi connectivity index (χ4n) is 2.02. The highest BCUT2D eigenvalue weighted by Gasteiger charge is 2.12. The van der Waals surface area contributed by atoms with Crippen LogP contribution in [-0.2, 0) is 4.74 Å². The van der Waals surface area contributed by atoms with E-state index < -0.39 is 5.97 Å². The maximum Gasteiger partial charge on any atom is 0.373 e. The van der Waals surface area contributed by atoms with E-state index in [4.69, 9.17) is 4.42 Å². The van der Waals surface area contributed by atoms with Gasteiger partial charge in [-0.05, 0) is 24.3 Å². The van der Waals surface area contributed by atoms with Crippen molar-refractivity contribution in [3.05, 3.63) is 53.7 Å². The molecule has 0 atom stereocenters. The van der Waals surface area contributed by atoms with Crippen LogP contribution in [-0.4, -0.2) is 23.0 Å². The summed E-state index contributed by atoms with van der Waals surface area (Å²) in [6.07, 6.45) is 1.52. The number of benzene rings is 1. The van der Waals surface area contributed by atoms with Gasteiger partial charge in [0, 0.05) is 6.08 Å². The number of carbonyl (C=O) groups is 1. The van der Waals surface area contributed by atoms with Crippen molar-refractivity contribution < 1.29 is 13.9 Å². The lowest BCUT2D eigenvalue weighted by Crippen LogP contribution is -1.98. The van der Waals surface area contributed by atoms with Crippen LogP contribution < -0.4 is 0 Å². The number of aromatic nitrogens is 2. The van der Waals surface area contributed by atoms with Crippen molar-refractivity contribution in [1.82, 2.24) is 9.97 Å². The van der Waals surface area contributed by atoms with E-state index in [2.05, 4.69) is 20.8 Å². The number of para-hydroxylation sites is 2. The fourth-order valence-corrected chi connectivity index (χ4v) is 2.02. The van der Waals surface area contributed by atoms with E-state index in [1.165, 1.54) is 19.3 Å². The van der Waals surface area contributed by atoms with E-state index in [1.54, 1.807) is 6.07 Å². The second-order valence-electron chi connectivity index (χ2n) is 4.47. The number of hydrogen-bond donors (Lipinski definition) is 1. The number of esters is 1. The monoisotopic (exact) mass is 293 g/mol. The van der Waals surface area contributed by atoms with E-state index >= 15 is 0 Å². The van der Waals surface area contributed by atoms with Gasteiger partial charge in [-0.15, -0.1) is 0 Å². The highest BCUT2D eigenvalue weighted by molar-refractivity contribution is 5.90. The third kappa shape index (κ3) is 2.47. The summed E-state index contributed by atoms with van der Waals surface area (Å²) in [6.45, 7) is 0. The number of nitrogens with one attached hydrogen (secondary N) is 1. The molecule has 1 N–H and O–H groups in total. The summed E-state index contributed by atoms with van der Waals surface area (Å²) in [4.78, 5) is 18.8. The van der Waals surface area contributed by atoms with Crippen molar-refractivity contribution in [3.8, 4) is 6.07 Å². The molecule has 2 aromatic heterocycles. The van der Waals surface area contributed by atoms with Crippen LogP contribution in [0, 0.1) is 11.3 Å². The quantitative estimate of drug-likeness (QED) is 0.592. The molecule has 0 aliphatic rings. The van der Waals surface area contributed by atoms with E-state index in [1.807, 2.05) is 24.3 Å². The molecule has 0 bridgehead atoms. The Bertz CT molecular complexity index is 879. The van der Waals surface area contributed by atoms with E-state index in [9.17, 15) is 10.1 Å². The molecule has 3 rings (SSSR count). The minimum atomic E-state index is -0.568. The minimum absolute atomic E-state index is 0.0793. The number of methoxy groups -OCH3 is 1. The van der Waals surface area contributed by atoms with Gasteiger partial charge in [-0.3, -0.25) is 0 Å². The summed E-state index contributed by atoms with van der Waals surface area (Å²) < 4.78 is 9.89. The summed E-state index contributed by atoms with van der Waals surface area (Å²) in [7, 11) is 1.27. The summed E-state index contributed by atoms with van der Waals surface area (Å²) in [5, 5.41) is 9.32. The van der Waals surface area contributed by atoms with Gasteiger partial charge in [0.2, 0.25) is 5.76 Å². The van der Waals surface area contributed by atoms with Crippen molar-refractivity contribution in [1.29, 1.82) is 5.26 Å². The molecule has 3 aromatic rings. The lowest BCUT2D eigenvalue weighted by Gasteiger charge is -1.93. The average molecular weight is 293 g/mol. The zero-order valence-electron chi connectivity index (χ0n) is 11.7. The summed E-state index contributed by atoms with van der Waals surface area (Å²) in [5.74, 6) is 0.328. The van der Waals surface area contributed by atoms with Gasteiger partial charge in [0.15, 0.2) is 0 Å². The van der Waals surface area contributed by atoms with Crippen LogP contribution in [0.3, 0.4) is 0 Å². The summed E-state index contributed by atoms with van der Waals surface area (Å²) >= 11 is 0. The molecule has 0 aliphatic heterocycles. The molecule has 0 saturated carbocycles. The van der Waals surface area contributed by atoms with Gasteiger partial charge < -0.3 is 14.1 Å². The molecule has 2 heterocycles. The summed E-state index contributed by atoms with van der Waals surface area (Å²) in [6, 6.07) is 12.6. The van der Waals surface area contributed by atoms with Gasteiger partial charge in [0.25, 0.3) is 0 Å². The Labute approximate surface area is 125 Å². The average Bonchev–Trinajstić information content (AvgIpc) is 3.18. The maximum absolute atomic E-state index is 11.3. The Kier molecular flexibility index (Phi) is 3.46. The first-order valence-corrected chi connectivity index (χ1v) is 6.46. The topological polar surface area (TPSA) is 91.9 Å². The number of fused-ring (bicyclic) bond motifs is 1. The maximum atomic E-state index is 11.3. The van der Waals surface area contributed by atoms with Crippen LogP contribution in [0.5, 0.6) is 0 Å². The van der Waals surface area contributed by atoms with Crippen LogP contribution in [0.1, 0.15) is 22.1 Å². The third-order valence-corrected chi connectivity index (χ3v) is 3.06. The Balaban J connectivity index is 1.98. The number of imidazole rings is 1. The standard InChI is InChI=1S/C16H11N3O3/c1-21-16(20)14-7-6-11(22-14)8-10(9-17)15-18-12-4-2-3-5-13(12)19-15/h2-8H,1H3,(H,18,19). The lowest BCUT2D eigenvalue weighted by molar-refractivity contribution is 0.0564. The number of ether oxygens (including phenoxy) is 1. The lowest BCUT2D eigenvalue weighted by atomic mass is 10.2. The molecule has 6 nitrogen and oxygen atoms in total. The molecular formula is C16H11N3O3. The molecule has 0 saturated heterocycles. The van der Waals surface area contributed by atoms with E-state index in [0.717, 1.165) is 11.0 Å². The number of H-pyrrole nitrogens is 1. The molecule has 6 heteroatoms. The predicted octanol–water partition coefficient (Wildman–Crippen LogP) is 3.01. The van der Waals surface area contributed by atoms with Crippen molar-refractivity contribution in [2.24, 2.45) is 0 Å². The molecule has 1 aromatic carbocycles. The Hall–Kier alpha value is -3.33. The number of hydrogen-bond acceptors (Lipinski definition) is 5. The largest absolute Gasteiger partial charge is 0.463 e. The SMILES string of the molecule is COC(=O)c1ccc(C=C(C#N)c2nc3ccccc3[nH]2)o1. The Morgan fingerprint density at radius 2 is 2.18 bits per heavy atom. The van der Waals surface area contributed by atoms with Gasteiger partial charge in [-0.2, -0.15) is 5.26 Å². The molecule has 0 amide bonds. The van der Waals surface area contributed by atoms with Crippen molar-refractivity contribution >= 4 is 28.7 Å². The third-order valence-electron chi connectivity index (χ3n) is 3.06. The summed E-state index contributed by atoms with van der Waals surface area (Å²) in [5.41, 5.74) is 1.92. The molecule has 0 fully saturated rings. The first-order chi connectivity index (χ1) is 10.7. The second-order valence-corrected chi connectivity index (χ2v) is 4.47. The number of furan rings is 1. The fraction of sp³-hybridized carbons (Fsp3) is 0.0625. The van der Waals surface area contributed by atoms with E-state index in [-0.39, 0.29) is 5.76 Å². The first kappa shape index (κ1) is 13.6. The molecule has 0 unspecified atom stereocenters. The van der Waals surface area contributed by atoms with Crippen molar-refractivity contribution in [2.45, 2.75) is 0 Å². The van der Waals surface area contributed by atoms with Crippen LogP contribution in [0.4, 0.5) is 0 Å². The number of nitrogens with zero attached hydrogens (tertiary/aromatic N) is 2. The molecule has 0 radical (unpaired) electrons. The van der Waals surface area contributed by atoms with Crippen LogP contribution in [0.2, 0.25) is 0 Å². The predicted molar refractivity (Wildman–Crippen MR) is 79.6 cm³/mol. The van der Waals surface area contributed by atoms with E-state index in [0.29, 0.717) is 17.2 Å². The van der Waals surface area contributed by atoms with Gasteiger partial charge in [-0.25, -0.2) is 9.78 Å². The molecule has 22 heavy (non-hydrogen) atoms. The zero-order valence-corrected chi connectivity index (χ0v) is 11.7. The molecular weight excluding hydrogens is 282 g/mol. The highest BCUT2D eigenvalue weighted by atomic mass is 16.5. The molecule has 108 valence electrons. The zero-order chi connectivity index (χ0) is 15.5. The number of carbonyl (C=O) groups excluding carboxylic acids is 1. The highest BCUT2D eigenvalue weighted by Crippen LogP contribution is 2.20.